The number of nitrogens with zero attached hydrogens (tertiary/aromatic N) is 1. The third kappa shape index (κ3) is 3.15. The van der Waals surface area contributed by atoms with Crippen LogP contribution in [-0.2, 0) is 27.7 Å². The minimum Gasteiger partial charge on any atom is -0.481 e. The van der Waals surface area contributed by atoms with E-state index < -0.39 is 21.9 Å². The molecule has 0 radical (unpaired) electrons. The Labute approximate surface area is 137 Å². The van der Waals surface area contributed by atoms with Gasteiger partial charge in [-0.25, -0.2) is 8.42 Å². The van der Waals surface area contributed by atoms with Crippen LogP contribution in [0.4, 0.5) is 0 Å². The lowest BCUT2D eigenvalue weighted by atomic mass is 9.92. The Hall–Kier alpha value is -1.40. The van der Waals surface area contributed by atoms with Crippen LogP contribution in [-0.4, -0.2) is 36.4 Å². The van der Waals surface area contributed by atoms with Crippen molar-refractivity contribution in [3.05, 3.63) is 29.3 Å². The molecule has 2 aliphatic rings. The number of hydrogen-bond acceptors (Lipinski definition) is 3. The number of hydrogen-bond donors (Lipinski definition) is 1. The molecule has 0 spiro atoms. The van der Waals surface area contributed by atoms with Crippen molar-refractivity contribution in [3.63, 3.8) is 0 Å². The number of rotatable bonds is 3. The number of benzene rings is 1. The second kappa shape index (κ2) is 6.24. The molecular formula is C17H23NO4S. The molecule has 0 aromatic heterocycles. The smallest absolute Gasteiger partial charge is 0.307 e. The molecule has 6 heteroatoms. The van der Waals surface area contributed by atoms with E-state index in [-0.39, 0.29) is 12.6 Å². The predicted octanol–water partition coefficient (Wildman–Crippen LogP) is 2.44. The summed E-state index contributed by atoms with van der Waals surface area (Å²) in [6, 6.07) is 5.23. The molecule has 126 valence electrons. The second-order valence-corrected chi connectivity index (χ2v) is 8.56. The number of piperidine rings is 1. The molecule has 5 nitrogen and oxygen atoms in total. The van der Waals surface area contributed by atoms with E-state index in [2.05, 4.69) is 0 Å². The molecule has 0 amide bonds. The first-order chi connectivity index (χ1) is 10.9. The van der Waals surface area contributed by atoms with Gasteiger partial charge in [0.2, 0.25) is 10.0 Å². The maximum absolute atomic E-state index is 13.0. The van der Waals surface area contributed by atoms with Crippen molar-refractivity contribution in [2.45, 2.75) is 56.4 Å². The van der Waals surface area contributed by atoms with Crippen molar-refractivity contribution in [1.82, 2.24) is 4.31 Å². The molecule has 1 N–H and O–H groups in total. The molecule has 0 saturated carbocycles. The molecule has 1 aromatic carbocycles. The Balaban J connectivity index is 1.92. The zero-order valence-corrected chi connectivity index (χ0v) is 14.2. The Morgan fingerprint density at radius 3 is 2.57 bits per heavy atom. The summed E-state index contributed by atoms with van der Waals surface area (Å²) in [5, 5.41) is 9.22. The average Bonchev–Trinajstić information content (AvgIpc) is 2.54. The predicted molar refractivity (Wildman–Crippen MR) is 86.8 cm³/mol. The van der Waals surface area contributed by atoms with Crippen molar-refractivity contribution in [2.75, 3.05) is 6.54 Å². The van der Waals surface area contributed by atoms with E-state index in [0.29, 0.717) is 17.7 Å². The summed E-state index contributed by atoms with van der Waals surface area (Å²) >= 11 is 0. The number of sulfonamides is 1. The van der Waals surface area contributed by atoms with Crippen LogP contribution in [0.1, 0.15) is 43.7 Å². The van der Waals surface area contributed by atoms with E-state index in [4.69, 9.17) is 0 Å². The van der Waals surface area contributed by atoms with Gasteiger partial charge in [-0.05, 0) is 68.7 Å². The largest absolute Gasteiger partial charge is 0.481 e. The van der Waals surface area contributed by atoms with E-state index in [0.717, 1.165) is 31.2 Å². The summed E-state index contributed by atoms with van der Waals surface area (Å²) in [5.41, 5.74) is 2.36. The van der Waals surface area contributed by atoms with E-state index in [1.54, 1.807) is 12.1 Å². The quantitative estimate of drug-likeness (QED) is 0.919. The van der Waals surface area contributed by atoms with Gasteiger partial charge in [-0.3, -0.25) is 4.79 Å². The van der Waals surface area contributed by atoms with Gasteiger partial charge < -0.3 is 5.11 Å². The van der Waals surface area contributed by atoms with Gasteiger partial charge in [-0.2, -0.15) is 4.31 Å². The number of carboxylic acid groups (broad SMARTS) is 1. The number of fused-ring (bicyclic) bond motifs is 1. The lowest BCUT2D eigenvalue weighted by Crippen LogP contribution is -2.47. The van der Waals surface area contributed by atoms with Gasteiger partial charge >= 0.3 is 5.97 Å². The molecule has 1 aromatic rings. The highest BCUT2D eigenvalue weighted by Gasteiger charge is 2.37. The molecule has 23 heavy (non-hydrogen) atoms. The van der Waals surface area contributed by atoms with Gasteiger partial charge in [0, 0.05) is 12.6 Å². The summed E-state index contributed by atoms with van der Waals surface area (Å²) in [6.07, 6.45) is 5.30. The molecule has 1 aliphatic heterocycles. The zero-order valence-electron chi connectivity index (χ0n) is 13.4. The van der Waals surface area contributed by atoms with Crippen molar-refractivity contribution in [3.8, 4) is 0 Å². The Morgan fingerprint density at radius 2 is 1.87 bits per heavy atom. The Kier molecular flexibility index (Phi) is 4.47. The van der Waals surface area contributed by atoms with Crippen LogP contribution in [0, 0.1) is 5.92 Å². The number of carboxylic acids is 1. The molecule has 1 saturated heterocycles. The van der Waals surface area contributed by atoms with Crippen LogP contribution >= 0.6 is 0 Å². The Morgan fingerprint density at radius 1 is 1.17 bits per heavy atom. The Bertz CT molecular complexity index is 713. The monoisotopic (exact) mass is 337 g/mol. The molecule has 2 atom stereocenters. The zero-order chi connectivity index (χ0) is 16.6. The maximum atomic E-state index is 13.0. The van der Waals surface area contributed by atoms with E-state index in [1.165, 1.54) is 9.87 Å². The standard InChI is InChI=1S/C17H23NO4S/c1-12-6-7-15(17(19)20)11-18(12)23(21,22)16-9-8-13-4-2-3-5-14(13)10-16/h8-10,12,15H,2-7,11H2,1H3,(H,19,20). The highest BCUT2D eigenvalue weighted by molar-refractivity contribution is 7.89. The van der Waals surface area contributed by atoms with E-state index in [1.807, 2.05) is 13.0 Å². The van der Waals surface area contributed by atoms with Gasteiger partial charge in [0.25, 0.3) is 0 Å². The minimum atomic E-state index is -3.64. The summed E-state index contributed by atoms with van der Waals surface area (Å²) in [7, 11) is -3.64. The molecule has 1 heterocycles. The fourth-order valence-electron chi connectivity index (χ4n) is 3.62. The minimum absolute atomic E-state index is 0.0654. The van der Waals surface area contributed by atoms with Crippen molar-refractivity contribution in [2.24, 2.45) is 5.92 Å². The number of aliphatic carboxylic acids is 1. The highest BCUT2D eigenvalue weighted by atomic mass is 32.2. The molecule has 2 unspecified atom stereocenters. The van der Waals surface area contributed by atoms with Crippen molar-refractivity contribution in [1.29, 1.82) is 0 Å². The molecular weight excluding hydrogens is 314 g/mol. The normalized spacial score (nSPS) is 25.8. The van der Waals surface area contributed by atoms with E-state index >= 15 is 0 Å². The SMILES string of the molecule is CC1CCC(C(=O)O)CN1S(=O)(=O)c1ccc2c(c1)CCCC2. The topological polar surface area (TPSA) is 74.7 Å². The average molecular weight is 337 g/mol. The first-order valence-electron chi connectivity index (χ1n) is 8.26. The molecule has 3 rings (SSSR count). The molecule has 1 aliphatic carbocycles. The molecule has 0 bridgehead atoms. The van der Waals surface area contributed by atoms with Crippen LogP contribution in [0.15, 0.2) is 23.1 Å². The third-order valence-corrected chi connectivity index (χ3v) is 7.08. The van der Waals surface area contributed by atoms with E-state index in [9.17, 15) is 18.3 Å². The maximum Gasteiger partial charge on any atom is 0.307 e. The van der Waals surface area contributed by atoms with Crippen LogP contribution in [0.2, 0.25) is 0 Å². The fraction of sp³-hybridized carbons (Fsp3) is 0.588. The van der Waals surface area contributed by atoms with Crippen LogP contribution in [0.5, 0.6) is 0 Å². The molecule has 1 fully saturated rings. The summed E-state index contributed by atoms with van der Waals surface area (Å²) in [6.45, 7) is 1.92. The first-order valence-corrected chi connectivity index (χ1v) is 9.70. The lowest BCUT2D eigenvalue weighted by Gasteiger charge is -2.35. The number of aryl methyl sites for hydroxylation is 2. The number of carbonyl (C=O) groups is 1. The van der Waals surface area contributed by atoms with Gasteiger partial charge in [-0.1, -0.05) is 6.07 Å². The first kappa shape index (κ1) is 16.5. The van der Waals surface area contributed by atoms with Gasteiger partial charge in [0.15, 0.2) is 0 Å². The van der Waals surface area contributed by atoms with Gasteiger partial charge in [0.1, 0.15) is 0 Å². The fourth-order valence-corrected chi connectivity index (χ4v) is 5.37. The van der Waals surface area contributed by atoms with Crippen LogP contribution < -0.4 is 0 Å². The second-order valence-electron chi connectivity index (χ2n) is 6.67. The summed E-state index contributed by atoms with van der Waals surface area (Å²) in [5.74, 6) is -1.53. The van der Waals surface area contributed by atoms with Gasteiger partial charge in [-0.15, -0.1) is 0 Å². The third-order valence-electron chi connectivity index (χ3n) is 5.10. The van der Waals surface area contributed by atoms with Crippen LogP contribution in [0.25, 0.3) is 0 Å². The lowest BCUT2D eigenvalue weighted by molar-refractivity contribution is -0.143. The van der Waals surface area contributed by atoms with Crippen molar-refractivity contribution < 1.29 is 18.3 Å². The highest BCUT2D eigenvalue weighted by Crippen LogP contribution is 2.30. The summed E-state index contributed by atoms with van der Waals surface area (Å²) < 4.78 is 27.3. The van der Waals surface area contributed by atoms with Gasteiger partial charge in [0.05, 0.1) is 10.8 Å². The van der Waals surface area contributed by atoms with Crippen molar-refractivity contribution >= 4 is 16.0 Å². The van der Waals surface area contributed by atoms with Crippen LogP contribution in [0.3, 0.4) is 0 Å². The summed E-state index contributed by atoms with van der Waals surface area (Å²) in [4.78, 5) is 11.5.